The molecule has 1 fully saturated rings. The van der Waals surface area contributed by atoms with Crippen LogP contribution in [0.2, 0.25) is 0 Å². The number of rotatable bonds is 6. The van der Waals surface area contributed by atoms with Gasteiger partial charge < -0.3 is 19.3 Å². The predicted octanol–water partition coefficient (Wildman–Crippen LogP) is 5.36. The quantitative estimate of drug-likeness (QED) is 0.272. The molecule has 192 valence electrons. The van der Waals surface area contributed by atoms with Gasteiger partial charge in [-0.05, 0) is 60.2 Å². The van der Waals surface area contributed by atoms with Gasteiger partial charge in [0.2, 0.25) is 0 Å². The second-order valence-corrected chi connectivity index (χ2v) is 8.06. The molecule has 1 N–H and O–H groups in total. The highest BCUT2D eigenvalue weighted by Crippen LogP contribution is 2.45. The summed E-state index contributed by atoms with van der Waals surface area (Å²) in [6, 6.07) is 13.5. The number of halogens is 3. The highest BCUT2D eigenvalue weighted by Gasteiger charge is 2.47. The van der Waals surface area contributed by atoms with Crippen LogP contribution in [0.1, 0.15) is 22.7 Å². The number of nitrogens with zero attached hydrogens (tertiary/aromatic N) is 1. The van der Waals surface area contributed by atoms with E-state index in [9.17, 15) is 27.9 Å². The maximum absolute atomic E-state index is 13.5. The van der Waals surface area contributed by atoms with Gasteiger partial charge in [-0.2, -0.15) is 13.2 Å². The van der Waals surface area contributed by atoms with Crippen LogP contribution in [0, 0.1) is 0 Å². The summed E-state index contributed by atoms with van der Waals surface area (Å²) in [5.41, 5.74) is -0.920. The lowest BCUT2D eigenvalue weighted by Crippen LogP contribution is -2.29. The van der Waals surface area contributed by atoms with Crippen molar-refractivity contribution in [2.45, 2.75) is 12.2 Å². The molecule has 10 heteroatoms. The number of methoxy groups -OCH3 is 3. The molecule has 3 aromatic carbocycles. The van der Waals surface area contributed by atoms with Crippen LogP contribution in [0.25, 0.3) is 5.76 Å². The number of hydrogen-bond acceptors (Lipinski definition) is 6. The fourth-order valence-corrected chi connectivity index (χ4v) is 4.17. The average molecular weight is 513 g/mol. The molecular weight excluding hydrogens is 491 g/mol. The van der Waals surface area contributed by atoms with Gasteiger partial charge in [-0.3, -0.25) is 14.5 Å². The molecule has 0 aliphatic carbocycles. The first kappa shape index (κ1) is 25.6. The molecule has 1 aliphatic rings. The maximum atomic E-state index is 13.5. The molecule has 1 aliphatic heterocycles. The zero-order valence-electron chi connectivity index (χ0n) is 20.0. The zero-order valence-corrected chi connectivity index (χ0v) is 20.0. The van der Waals surface area contributed by atoms with Crippen LogP contribution >= 0.6 is 0 Å². The second kappa shape index (κ2) is 9.88. The Hall–Kier alpha value is -4.47. The Bertz CT molecular complexity index is 1380. The Labute approximate surface area is 210 Å². The van der Waals surface area contributed by atoms with Crippen molar-refractivity contribution in [1.29, 1.82) is 0 Å². The highest BCUT2D eigenvalue weighted by atomic mass is 19.4. The summed E-state index contributed by atoms with van der Waals surface area (Å²) < 4.78 is 56.1. The van der Waals surface area contributed by atoms with Gasteiger partial charge in [0.25, 0.3) is 11.7 Å². The minimum absolute atomic E-state index is 0.162. The molecule has 0 saturated carbocycles. The van der Waals surface area contributed by atoms with E-state index in [1.54, 1.807) is 18.2 Å². The molecule has 1 saturated heterocycles. The minimum atomic E-state index is -4.68. The number of alkyl halides is 3. The van der Waals surface area contributed by atoms with Gasteiger partial charge in [0.15, 0.2) is 11.5 Å². The summed E-state index contributed by atoms with van der Waals surface area (Å²) >= 11 is 0. The number of aliphatic hydroxyl groups excluding tert-OH is 1. The molecule has 0 bridgehead atoms. The fraction of sp³-hybridized carbons (Fsp3) is 0.185. The third-order valence-electron chi connectivity index (χ3n) is 5.98. The average Bonchev–Trinajstić information content (AvgIpc) is 3.17. The molecule has 0 radical (unpaired) electrons. The minimum Gasteiger partial charge on any atom is -0.507 e. The van der Waals surface area contributed by atoms with E-state index < -0.39 is 35.2 Å². The Morgan fingerprint density at radius 3 is 2.14 bits per heavy atom. The lowest BCUT2D eigenvalue weighted by Gasteiger charge is -2.26. The number of ketones is 1. The first-order valence-electron chi connectivity index (χ1n) is 10.9. The van der Waals surface area contributed by atoms with Gasteiger partial charge in [0.1, 0.15) is 11.5 Å². The van der Waals surface area contributed by atoms with Crippen molar-refractivity contribution in [1.82, 2.24) is 0 Å². The Kier molecular flexibility index (Phi) is 6.84. The van der Waals surface area contributed by atoms with E-state index in [1.165, 1.54) is 51.7 Å². The molecule has 37 heavy (non-hydrogen) atoms. The van der Waals surface area contributed by atoms with Crippen LogP contribution in [0.3, 0.4) is 0 Å². The van der Waals surface area contributed by atoms with Gasteiger partial charge in [-0.1, -0.05) is 12.1 Å². The van der Waals surface area contributed by atoms with Crippen molar-refractivity contribution in [3.8, 4) is 17.2 Å². The normalized spacial score (nSPS) is 17.1. The van der Waals surface area contributed by atoms with Gasteiger partial charge in [0, 0.05) is 11.3 Å². The number of ether oxygens (including phenoxy) is 3. The van der Waals surface area contributed by atoms with E-state index in [4.69, 9.17) is 14.2 Å². The van der Waals surface area contributed by atoms with E-state index in [-0.39, 0.29) is 22.6 Å². The van der Waals surface area contributed by atoms with Crippen LogP contribution in [-0.2, 0) is 15.8 Å². The van der Waals surface area contributed by atoms with E-state index in [1.807, 2.05) is 0 Å². The number of benzene rings is 3. The number of amides is 1. The molecule has 7 nitrogen and oxygen atoms in total. The summed E-state index contributed by atoms with van der Waals surface area (Å²) in [6.45, 7) is 0. The lowest BCUT2D eigenvalue weighted by molar-refractivity contribution is -0.137. The molecule has 1 unspecified atom stereocenters. The lowest BCUT2D eigenvalue weighted by atomic mass is 9.94. The molecule has 1 atom stereocenters. The Morgan fingerprint density at radius 1 is 0.865 bits per heavy atom. The van der Waals surface area contributed by atoms with Crippen molar-refractivity contribution in [2.24, 2.45) is 0 Å². The number of carbonyl (C=O) groups is 2. The molecule has 4 rings (SSSR count). The standard InChI is InChI=1S/C27H22F3NO6/c1-35-19-10-7-15(8-11-19)24(32)22-23(16-9-12-20(36-2)21(13-16)37-3)31(26(34)25(22)33)18-6-4-5-17(14-18)27(28,29)30/h4-14,23,32H,1-3H3/b24-22-. The number of carbonyl (C=O) groups excluding carboxylic acids is 2. The summed E-state index contributed by atoms with van der Waals surface area (Å²) in [5.74, 6) is -1.51. The summed E-state index contributed by atoms with van der Waals surface area (Å²) in [5, 5.41) is 11.2. The van der Waals surface area contributed by atoms with E-state index in [0.29, 0.717) is 17.1 Å². The first-order chi connectivity index (χ1) is 17.6. The summed E-state index contributed by atoms with van der Waals surface area (Å²) in [4.78, 5) is 27.4. The molecule has 0 aromatic heterocycles. The van der Waals surface area contributed by atoms with Crippen molar-refractivity contribution < 1.29 is 42.1 Å². The van der Waals surface area contributed by atoms with Crippen LogP contribution in [0.4, 0.5) is 18.9 Å². The molecule has 3 aromatic rings. The summed E-state index contributed by atoms with van der Waals surface area (Å²) in [6.07, 6.45) is -4.68. The van der Waals surface area contributed by atoms with Crippen molar-refractivity contribution in [2.75, 3.05) is 26.2 Å². The smallest absolute Gasteiger partial charge is 0.416 e. The number of hydrogen-bond donors (Lipinski definition) is 1. The van der Waals surface area contributed by atoms with Gasteiger partial charge in [-0.15, -0.1) is 0 Å². The SMILES string of the molecule is COc1ccc(/C(O)=C2/C(=O)C(=O)N(c3cccc(C(F)(F)F)c3)C2c2ccc(OC)c(OC)c2)cc1. The largest absolute Gasteiger partial charge is 0.507 e. The summed E-state index contributed by atoms with van der Waals surface area (Å²) in [7, 11) is 4.28. The fourth-order valence-electron chi connectivity index (χ4n) is 4.17. The number of Topliss-reactive ketones (excluding diaryl/α,β-unsaturated/α-hetero) is 1. The van der Waals surface area contributed by atoms with Crippen LogP contribution < -0.4 is 19.1 Å². The van der Waals surface area contributed by atoms with E-state index in [2.05, 4.69) is 0 Å². The maximum Gasteiger partial charge on any atom is 0.416 e. The second-order valence-electron chi connectivity index (χ2n) is 8.06. The van der Waals surface area contributed by atoms with Crippen molar-refractivity contribution >= 4 is 23.1 Å². The van der Waals surface area contributed by atoms with Crippen molar-refractivity contribution in [3.05, 3.63) is 89.0 Å². The molecule has 1 amide bonds. The van der Waals surface area contributed by atoms with E-state index in [0.717, 1.165) is 23.1 Å². The van der Waals surface area contributed by atoms with Gasteiger partial charge in [0.05, 0.1) is 38.5 Å². The number of anilines is 1. The van der Waals surface area contributed by atoms with Crippen LogP contribution in [0.5, 0.6) is 17.2 Å². The third-order valence-corrected chi connectivity index (χ3v) is 5.98. The van der Waals surface area contributed by atoms with Gasteiger partial charge >= 0.3 is 6.18 Å². The molecule has 1 heterocycles. The molecular formula is C27H22F3NO6. The third kappa shape index (κ3) is 4.69. The van der Waals surface area contributed by atoms with Crippen molar-refractivity contribution in [3.63, 3.8) is 0 Å². The highest BCUT2D eigenvalue weighted by molar-refractivity contribution is 6.51. The zero-order chi connectivity index (χ0) is 26.9. The van der Waals surface area contributed by atoms with Crippen LogP contribution in [-0.4, -0.2) is 38.1 Å². The van der Waals surface area contributed by atoms with E-state index >= 15 is 0 Å². The Balaban J connectivity index is 1.96. The van der Waals surface area contributed by atoms with Crippen LogP contribution in [0.15, 0.2) is 72.3 Å². The van der Waals surface area contributed by atoms with Gasteiger partial charge in [-0.25, -0.2) is 0 Å². The first-order valence-corrected chi connectivity index (χ1v) is 10.9. The predicted molar refractivity (Wildman–Crippen MR) is 129 cm³/mol. The number of aliphatic hydroxyl groups is 1. The molecule has 0 spiro atoms. The monoisotopic (exact) mass is 513 g/mol. The topological polar surface area (TPSA) is 85.3 Å². The Morgan fingerprint density at radius 2 is 1.54 bits per heavy atom.